The molecule has 0 N–H and O–H groups in total. The van der Waals surface area contributed by atoms with Gasteiger partial charge in [0.2, 0.25) is 5.78 Å². The van der Waals surface area contributed by atoms with E-state index in [1.807, 2.05) is 12.1 Å². The summed E-state index contributed by atoms with van der Waals surface area (Å²) in [7, 11) is 1.55. The SMILES string of the molecule is COc1ccc(C(=O)Oc2ccc3c(c2C)O/C(=C\c2ccccc2Cl)C3=O)cc1. The number of hydrogen-bond donors (Lipinski definition) is 0. The molecule has 1 aliphatic heterocycles. The number of carbonyl (C=O) groups excluding carboxylic acids is 2. The van der Waals surface area contributed by atoms with Gasteiger partial charge in [0.15, 0.2) is 5.76 Å². The zero-order valence-corrected chi connectivity index (χ0v) is 17.0. The summed E-state index contributed by atoms with van der Waals surface area (Å²) < 4.78 is 16.4. The number of carbonyl (C=O) groups is 2. The van der Waals surface area contributed by atoms with Crippen molar-refractivity contribution in [3.05, 3.63) is 93.7 Å². The van der Waals surface area contributed by atoms with E-state index < -0.39 is 5.97 Å². The minimum absolute atomic E-state index is 0.167. The van der Waals surface area contributed by atoms with Gasteiger partial charge in [0.25, 0.3) is 0 Å². The van der Waals surface area contributed by atoms with E-state index in [4.69, 9.17) is 25.8 Å². The third-order valence-electron chi connectivity index (χ3n) is 4.76. The highest BCUT2D eigenvalue weighted by Crippen LogP contribution is 2.39. The summed E-state index contributed by atoms with van der Waals surface area (Å²) in [6.45, 7) is 1.74. The Hall–Kier alpha value is -3.57. The van der Waals surface area contributed by atoms with E-state index in [2.05, 4.69) is 0 Å². The van der Waals surface area contributed by atoms with E-state index in [1.54, 1.807) is 68.6 Å². The lowest BCUT2D eigenvalue weighted by atomic mass is 10.1. The van der Waals surface area contributed by atoms with Crippen LogP contribution in [0.4, 0.5) is 0 Å². The van der Waals surface area contributed by atoms with Crippen LogP contribution in [0.1, 0.15) is 31.8 Å². The van der Waals surface area contributed by atoms with Crippen LogP contribution < -0.4 is 14.2 Å². The van der Waals surface area contributed by atoms with Gasteiger partial charge in [-0.05, 0) is 61.0 Å². The number of fused-ring (bicyclic) bond motifs is 1. The molecule has 0 atom stereocenters. The first kappa shape index (κ1) is 19.7. The number of Topliss-reactive ketones (excluding diaryl/α,β-unsaturated/α-hetero) is 1. The first-order valence-corrected chi connectivity index (χ1v) is 9.54. The molecule has 0 radical (unpaired) electrons. The number of hydrogen-bond acceptors (Lipinski definition) is 5. The van der Waals surface area contributed by atoms with Crippen molar-refractivity contribution < 1.29 is 23.8 Å². The fraction of sp³-hybridized carbons (Fsp3) is 0.0833. The topological polar surface area (TPSA) is 61.8 Å². The minimum Gasteiger partial charge on any atom is -0.497 e. The van der Waals surface area contributed by atoms with Gasteiger partial charge in [0.1, 0.15) is 17.2 Å². The molecule has 0 amide bonds. The summed E-state index contributed by atoms with van der Waals surface area (Å²) in [5.41, 5.74) is 2.03. The molecule has 150 valence electrons. The molecular weight excluding hydrogens is 404 g/mol. The minimum atomic E-state index is -0.517. The Balaban J connectivity index is 1.60. The van der Waals surface area contributed by atoms with Gasteiger partial charge in [-0.25, -0.2) is 4.79 Å². The lowest BCUT2D eigenvalue weighted by Crippen LogP contribution is -2.09. The van der Waals surface area contributed by atoms with Crippen molar-refractivity contribution in [2.75, 3.05) is 7.11 Å². The van der Waals surface area contributed by atoms with Crippen molar-refractivity contribution in [3.63, 3.8) is 0 Å². The Morgan fingerprint density at radius 3 is 2.47 bits per heavy atom. The normalized spacial score (nSPS) is 13.7. The second-order valence-corrected chi connectivity index (χ2v) is 7.05. The molecule has 0 bridgehead atoms. The van der Waals surface area contributed by atoms with Gasteiger partial charge in [-0.3, -0.25) is 4.79 Å². The standard InChI is InChI=1S/C24H17ClO5/c1-14-20(30-24(27)15-7-9-17(28-2)10-8-15)12-11-18-22(26)21(29-23(14)18)13-16-5-3-4-6-19(16)25/h3-13H,1-2H3/b21-13-. The number of halogens is 1. The van der Waals surface area contributed by atoms with Gasteiger partial charge < -0.3 is 14.2 Å². The fourth-order valence-corrected chi connectivity index (χ4v) is 3.29. The second-order valence-electron chi connectivity index (χ2n) is 6.64. The maximum atomic E-state index is 12.7. The molecule has 4 rings (SSSR count). The molecule has 0 aromatic heterocycles. The molecule has 0 saturated heterocycles. The molecule has 1 heterocycles. The predicted molar refractivity (Wildman–Crippen MR) is 114 cm³/mol. The van der Waals surface area contributed by atoms with Crippen molar-refractivity contribution >= 4 is 29.4 Å². The lowest BCUT2D eigenvalue weighted by Gasteiger charge is -2.10. The molecule has 0 saturated carbocycles. The lowest BCUT2D eigenvalue weighted by molar-refractivity contribution is 0.0733. The molecule has 6 heteroatoms. The Morgan fingerprint density at radius 1 is 1.03 bits per heavy atom. The van der Waals surface area contributed by atoms with Crippen LogP contribution in [0.25, 0.3) is 6.08 Å². The highest BCUT2D eigenvalue weighted by Gasteiger charge is 2.30. The Bertz CT molecular complexity index is 1180. The number of ether oxygens (including phenoxy) is 3. The van der Waals surface area contributed by atoms with Gasteiger partial charge in [-0.15, -0.1) is 0 Å². The molecule has 5 nitrogen and oxygen atoms in total. The van der Waals surface area contributed by atoms with Gasteiger partial charge in [-0.1, -0.05) is 29.8 Å². The summed E-state index contributed by atoms with van der Waals surface area (Å²) in [6, 6.07) is 17.0. The summed E-state index contributed by atoms with van der Waals surface area (Å²) in [6.07, 6.45) is 1.60. The van der Waals surface area contributed by atoms with Gasteiger partial charge in [0, 0.05) is 10.6 Å². The molecule has 0 aliphatic carbocycles. The monoisotopic (exact) mass is 420 g/mol. The van der Waals surface area contributed by atoms with Crippen molar-refractivity contribution in [2.24, 2.45) is 0 Å². The molecule has 0 unspecified atom stereocenters. The van der Waals surface area contributed by atoms with Crippen LogP contribution in [0.3, 0.4) is 0 Å². The first-order chi connectivity index (χ1) is 14.5. The van der Waals surface area contributed by atoms with Crippen LogP contribution in [0, 0.1) is 6.92 Å². The van der Waals surface area contributed by atoms with Crippen molar-refractivity contribution in [2.45, 2.75) is 6.92 Å². The smallest absolute Gasteiger partial charge is 0.343 e. The fourth-order valence-electron chi connectivity index (χ4n) is 3.10. The average Bonchev–Trinajstić information content (AvgIpc) is 3.08. The third kappa shape index (κ3) is 3.67. The second kappa shape index (κ2) is 8.05. The highest BCUT2D eigenvalue weighted by atomic mass is 35.5. The maximum absolute atomic E-state index is 12.7. The Morgan fingerprint density at radius 2 is 1.77 bits per heavy atom. The van der Waals surface area contributed by atoms with Crippen LogP contribution >= 0.6 is 11.6 Å². The number of esters is 1. The molecule has 3 aromatic carbocycles. The van der Waals surface area contributed by atoms with Crippen LogP contribution in [0.2, 0.25) is 5.02 Å². The third-order valence-corrected chi connectivity index (χ3v) is 5.10. The van der Waals surface area contributed by atoms with E-state index in [-0.39, 0.29) is 11.5 Å². The average molecular weight is 421 g/mol. The van der Waals surface area contributed by atoms with Crippen LogP contribution in [-0.2, 0) is 0 Å². The molecule has 1 aliphatic rings. The highest BCUT2D eigenvalue weighted by molar-refractivity contribution is 6.32. The van der Waals surface area contributed by atoms with Gasteiger partial charge in [0.05, 0.1) is 18.2 Å². The number of methoxy groups -OCH3 is 1. The molecule has 3 aromatic rings. The van der Waals surface area contributed by atoms with Crippen LogP contribution in [0.5, 0.6) is 17.2 Å². The van der Waals surface area contributed by atoms with Gasteiger partial charge >= 0.3 is 5.97 Å². The van der Waals surface area contributed by atoms with E-state index in [1.165, 1.54) is 0 Å². The predicted octanol–water partition coefficient (Wildman–Crippen LogP) is 5.49. The Labute approximate surface area is 178 Å². The summed E-state index contributed by atoms with van der Waals surface area (Å²) in [5.74, 6) is 0.738. The number of benzene rings is 3. The van der Waals surface area contributed by atoms with E-state index in [0.29, 0.717) is 44.5 Å². The summed E-state index contributed by atoms with van der Waals surface area (Å²) in [4.78, 5) is 25.2. The van der Waals surface area contributed by atoms with Crippen LogP contribution in [-0.4, -0.2) is 18.9 Å². The van der Waals surface area contributed by atoms with Gasteiger partial charge in [-0.2, -0.15) is 0 Å². The Kier molecular flexibility index (Phi) is 5.29. The van der Waals surface area contributed by atoms with Crippen molar-refractivity contribution in [3.8, 4) is 17.2 Å². The molecular formula is C24H17ClO5. The zero-order chi connectivity index (χ0) is 21.3. The van der Waals surface area contributed by atoms with Crippen molar-refractivity contribution in [1.29, 1.82) is 0 Å². The number of ketones is 1. The largest absolute Gasteiger partial charge is 0.497 e. The molecule has 0 fully saturated rings. The van der Waals surface area contributed by atoms with E-state index in [9.17, 15) is 9.59 Å². The van der Waals surface area contributed by atoms with E-state index in [0.717, 1.165) is 0 Å². The first-order valence-electron chi connectivity index (χ1n) is 9.16. The van der Waals surface area contributed by atoms with Crippen molar-refractivity contribution in [1.82, 2.24) is 0 Å². The zero-order valence-electron chi connectivity index (χ0n) is 16.3. The quantitative estimate of drug-likeness (QED) is 0.317. The summed E-state index contributed by atoms with van der Waals surface area (Å²) in [5, 5.41) is 0.517. The summed E-state index contributed by atoms with van der Waals surface area (Å²) >= 11 is 6.18. The van der Waals surface area contributed by atoms with E-state index >= 15 is 0 Å². The number of allylic oxidation sites excluding steroid dienone is 1. The van der Waals surface area contributed by atoms with Crippen LogP contribution in [0.15, 0.2) is 66.4 Å². The number of rotatable bonds is 4. The molecule has 0 spiro atoms. The molecule has 30 heavy (non-hydrogen) atoms. The maximum Gasteiger partial charge on any atom is 0.343 e.